The number of ether oxygens (including phenoxy) is 1. The minimum absolute atomic E-state index is 0.178. The number of hydrogen-bond donors (Lipinski definition) is 1. The molecule has 0 fully saturated rings. The van der Waals surface area contributed by atoms with E-state index in [0.717, 1.165) is 30.4 Å². The summed E-state index contributed by atoms with van der Waals surface area (Å²) in [5, 5.41) is 0. The third kappa shape index (κ3) is 12.7. The number of rotatable bonds is 18. The van der Waals surface area contributed by atoms with Crippen LogP contribution in [-0.4, -0.2) is 26.7 Å². The van der Waals surface area contributed by atoms with E-state index in [2.05, 4.69) is 11.6 Å². The van der Waals surface area contributed by atoms with Crippen LogP contribution in [0.15, 0.2) is 18.2 Å². The highest BCUT2D eigenvalue weighted by Crippen LogP contribution is 2.34. The topological polar surface area (TPSA) is 72.5 Å². The van der Waals surface area contributed by atoms with Gasteiger partial charge in [-0.3, -0.25) is 9.52 Å². The molecule has 0 aliphatic rings. The van der Waals surface area contributed by atoms with Crippen molar-refractivity contribution in [3.63, 3.8) is 0 Å². The Labute approximate surface area is 206 Å². The van der Waals surface area contributed by atoms with Gasteiger partial charge in [-0.15, -0.1) is 0 Å². The van der Waals surface area contributed by atoms with Crippen LogP contribution in [0.2, 0.25) is 0 Å². The summed E-state index contributed by atoms with van der Waals surface area (Å²) in [5.74, 6) is -0.342. The molecular formula is C26H45NO4S2. The zero-order valence-electron chi connectivity index (χ0n) is 21.3. The molecule has 0 aliphatic carbocycles. The molecule has 0 radical (unpaired) electrons. The van der Waals surface area contributed by atoms with E-state index in [0.29, 0.717) is 23.1 Å². The summed E-state index contributed by atoms with van der Waals surface area (Å²) in [5.41, 5.74) is 2.54. The maximum Gasteiger partial charge on any atom is 0.317 e. The standard InChI is InChI=1S/C26H45NO4S2/c1-6-7-8-9-10-11-12-13-14-15-19-31-25(28)20-32-33(29,30)27-26-23(21(2)3)17-16-18-24(26)22(4)5/h16-18,21-22,27H,6-15,19-20H2,1-5H3. The van der Waals surface area contributed by atoms with Crippen LogP contribution >= 0.6 is 10.8 Å². The molecule has 0 bridgehead atoms. The van der Waals surface area contributed by atoms with Crippen LogP contribution in [0.1, 0.15) is 122 Å². The Morgan fingerprint density at radius 1 is 0.879 bits per heavy atom. The molecule has 0 saturated carbocycles. The van der Waals surface area contributed by atoms with Crippen LogP contribution in [0.5, 0.6) is 0 Å². The Balaban J connectivity index is 2.34. The van der Waals surface area contributed by atoms with E-state index in [4.69, 9.17) is 4.74 Å². The normalized spacial score (nSPS) is 11.8. The summed E-state index contributed by atoms with van der Waals surface area (Å²) in [7, 11) is -3.14. The minimum Gasteiger partial charge on any atom is -0.465 e. The molecule has 1 rings (SSSR count). The Morgan fingerprint density at radius 3 is 1.85 bits per heavy atom. The molecule has 1 aromatic rings. The Bertz CT molecular complexity index is 765. The summed E-state index contributed by atoms with van der Waals surface area (Å²) >= 11 is 0. The molecule has 1 N–H and O–H groups in total. The number of benzene rings is 1. The Kier molecular flexibility index (Phi) is 14.8. The molecule has 0 amide bonds. The van der Waals surface area contributed by atoms with Crippen molar-refractivity contribution in [1.29, 1.82) is 0 Å². The van der Waals surface area contributed by atoms with E-state index in [1.165, 1.54) is 44.9 Å². The zero-order chi connectivity index (χ0) is 24.7. The molecule has 190 valence electrons. The molecule has 0 spiro atoms. The Hall–Kier alpha value is -1.21. The maximum absolute atomic E-state index is 12.7. The van der Waals surface area contributed by atoms with Gasteiger partial charge in [0.15, 0.2) is 0 Å². The van der Waals surface area contributed by atoms with Crippen LogP contribution in [0.3, 0.4) is 0 Å². The number of hydrogen-bond acceptors (Lipinski definition) is 5. The van der Waals surface area contributed by atoms with Gasteiger partial charge in [0.25, 0.3) is 9.06 Å². The van der Waals surface area contributed by atoms with Crippen LogP contribution in [-0.2, 0) is 18.6 Å². The number of anilines is 1. The fraction of sp³-hybridized carbons (Fsp3) is 0.731. The van der Waals surface area contributed by atoms with Gasteiger partial charge in [0.05, 0.1) is 12.3 Å². The first kappa shape index (κ1) is 29.8. The predicted octanol–water partition coefficient (Wildman–Crippen LogP) is 7.79. The predicted molar refractivity (Wildman–Crippen MR) is 142 cm³/mol. The number of carbonyl (C=O) groups is 1. The lowest BCUT2D eigenvalue weighted by Crippen LogP contribution is -2.16. The molecule has 33 heavy (non-hydrogen) atoms. The van der Waals surface area contributed by atoms with Gasteiger partial charge in [-0.05, 0) is 29.4 Å². The third-order valence-electron chi connectivity index (χ3n) is 5.69. The van der Waals surface area contributed by atoms with Gasteiger partial charge in [0.1, 0.15) is 5.75 Å². The average Bonchev–Trinajstić information content (AvgIpc) is 2.75. The van der Waals surface area contributed by atoms with Crippen LogP contribution in [0, 0.1) is 0 Å². The lowest BCUT2D eigenvalue weighted by atomic mass is 9.93. The van der Waals surface area contributed by atoms with Crippen molar-refractivity contribution < 1.29 is 17.9 Å². The van der Waals surface area contributed by atoms with E-state index < -0.39 is 15.0 Å². The highest BCUT2D eigenvalue weighted by atomic mass is 33.1. The summed E-state index contributed by atoms with van der Waals surface area (Å²) in [6, 6.07) is 5.85. The van der Waals surface area contributed by atoms with Crippen LogP contribution < -0.4 is 4.72 Å². The van der Waals surface area contributed by atoms with Crippen molar-refractivity contribution >= 4 is 31.5 Å². The number of para-hydroxylation sites is 1. The number of carbonyl (C=O) groups excluding carboxylic acids is 1. The molecule has 5 nitrogen and oxygen atoms in total. The first-order valence-electron chi connectivity index (χ1n) is 12.6. The van der Waals surface area contributed by atoms with Crippen molar-refractivity contribution in [1.82, 2.24) is 0 Å². The maximum atomic E-state index is 12.7. The fourth-order valence-corrected chi connectivity index (χ4v) is 5.83. The highest BCUT2D eigenvalue weighted by Gasteiger charge is 2.21. The van der Waals surface area contributed by atoms with Crippen molar-refractivity contribution in [2.45, 2.75) is 111 Å². The van der Waals surface area contributed by atoms with Gasteiger partial charge in [-0.25, -0.2) is 0 Å². The van der Waals surface area contributed by atoms with Gasteiger partial charge in [0, 0.05) is 10.8 Å². The van der Waals surface area contributed by atoms with Crippen LogP contribution in [0.25, 0.3) is 0 Å². The number of unbranched alkanes of at least 4 members (excludes halogenated alkanes) is 9. The van der Waals surface area contributed by atoms with E-state index in [9.17, 15) is 13.2 Å². The van der Waals surface area contributed by atoms with E-state index >= 15 is 0 Å². The second kappa shape index (κ2) is 16.4. The first-order valence-corrected chi connectivity index (χ1v) is 15.6. The molecule has 0 aliphatic heterocycles. The SMILES string of the molecule is CCCCCCCCCCCCOC(=O)CSS(=O)(=O)Nc1c(C(C)C)cccc1C(C)C. The number of nitrogens with one attached hydrogen (secondary N) is 1. The van der Waals surface area contributed by atoms with Gasteiger partial charge >= 0.3 is 5.97 Å². The molecular weight excluding hydrogens is 454 g/mol. The van der Waals surface area contributed by atoms with Crippen molar-refractivity contribution in [3.05, 3.63) is 29.3 Å². The second-order valence-electron chi connectivity index (χ2n) is 9.34. The van der Waals surface area contributed by atoms with Crippen molar-refractivity contribution in [2.24, 2.45) is 0 Å². The third-order valence-corrected chi connectivity index (χ3v) is 8.35. The second-order valence-corrected chi connectivity index (χ2v) is 13.0. The smallest absolute Gasteiger partial charge is 0.317 e. The van der Waals surface area contributed by atoms with Crippen molar-refractivity contribution in [3.8, 4) is 0 Å². The lowest BCUT2D eigenvalue weighted by Gasteiger charge is -2.20. The summed E-state index contributed by atoms with van der Waals surface area (Å²) in [6.45, 7) is 10.7. The number of esters is 1. The fourth-order valence-electron chi connectivity index (χ4n) is 3.77. The molecule has 0 saturated heterocycles. The summed E-state index contributed by atoms with van der Waals surface area (Å²) in [4.78, 5) is 12.0. The molecule has 0 aromatic heterocycles. The quantitative estimate of drug-likeness (QED) is 0.127. The minimum atomic E-state index is -3.73. The molecule has 1 aromatic carbocycles. The largest absolute Gasteiger partial charge is 0.465 e. The lowest BCUT2D eigenvalue weighted by molar-refractivity contribution is -0.140. The van der Waals surface area contributed by atoms with E-state index in [-0.39, 0.29) is 17.6 Å². The summed E-state index contributed by atoms with van der Waals surface area (Å²) in [6.07, 6.45) is 12.2. The first-order chi connectivity index (χ1) is 15.7. The molecule has 0 heterocycles. The summed E-state index contributed by atoms with van der Waals surface area (Å²) < 4.78 is 33.3. The monoisotopic (exact) mass is 499 g/mol. The highest BCUT2D eigenvalue weighted by molar-refractivity contribution is 8.72. The molecule has 7 heteroatoms. The van der Waals surface area contributed by atoms with Gasteiger partial charge in [-0.1, -0.05) is 111 Å². The Morgan fingerprint density at radius 2 is 1.36 bits per heavy atom. The van der Waals surface area contributed by atoms with Gasteiger partial charge in [-0.2, -0.15) is 8.42 Å². The zero-order valence-corrected chi connectivity index (χ0v) is 23.0. The molecule has 0 atom stereocenters. The van der Waals surface area contributed by atoms with Crippen LogP contribution in [0.4, 0.5) is 5.69 Å². The van der Waals surface area contributed by atoms with E-state index in [1.807, 2.05) is 45.9 Å². The van der Waals surface area contributed by atoms with Crippen molar-refractivity contribution in [2.75, 3.05) is 17.1 Å². The van der Waals surface area contributed by atoms with E-state index in [1.54, 1.807) is 0 Å². The van der Waals surface area contributed by atoms with Gasteiger partial charge < -0.3 is 4.74 Å². The van der Waals surface area contributed by atoms with Gasteiger partial charge in [0.2, 0.25) is 0 Å². The average molecular weight is 500 g/mol. The molecule has 0 unspecified atom stereocenters.